The summed E-state index contributed by atoms with van der Waals surface area (Å²) in [5.74, 6) is -1.94. The van der Waals surface area contributed by atoms with Gasteiger partial charge in [0.2, 0.25) is 0 Å². The topological polar surface area (TPSA) is 123 Å². The van der Waals surface area contributed by atoms with Gasteiger partial charge in [0.15, 0.2) is 16.6 Å². The van der Waals surface area contributed by atoms with Crippen LogP contribution in [0.3, 0.4) is 0 Å². The molecule has 2 heterocycles. The normalized spacial score (nSPS) is 10.5. The van der Waals surface area contributed by atoms with Gasteiger partial charge in [0.25, 0.3) is 11.5 Å². The zero-order chi connectivity index (χ0) is 21.8. The molecule has 1 amide bonds. The lowest BCUT2D eigenvalue weighted by atomic mass is 10.2. The van der Waals surface area contributed by atoms with E-state index < -0.39 is 23.2 Å². The molecule has 2 aromatic heterocycles. The summed E-state index contributed by atoms with van der Waals surface area (Å²) in [6, 6.07) is 7.89. The maximum atomic E-state index is 12.6. The highest BCUT2D eigenvalue weighted by Gasteiger charge is 2.21. The molecule has 0 unspecified atom stereocenters. The summed E-state index contributed by atoms with van der Waals surface area (Å²) in [6.45, 7) is 6.98. The summed E-state index contributed by atoms with van der Waals surface area (Å²) >= 11 is 0.923. The van der Waals surface area contributed by atoms with Crippen LogP contribution in [0.15, 0.2) is 47.8 Å². The second-order valence-electron chi connectivity index (χ2n) is 6.24. The largest absolute Gasteiger partial charge is 0.505 e. The molecule has 0 fully saturated rings. The van der Waals surface area contributed by atoms with Gasteiger partial charge < -0.3 is 9.84 Å². The second kappa shape index (κ2) is 8.70. The number of benzene rings is 1. The Morgan fingerprint density at radius 3 is 2.80 bits per heavy atom. The van der Waals surface area contributed by atoms with Gasteiger partial charge in [0, 0.05) is 6.07 Å². The van der Waals surface area contributed by atoms with Gasteiger partial charge in [0.05, 0.1) is 11.4 Å². The van der Waals surface area contributed by atoms with Crippen molar-refractivity contribution in [2.75, 3.05) is 11.9 Å². The molecule has 1 aromatic carbocycles. The molecule has 0 spiro atoms. The van der Waals surface area contributed by atoms with Crippen LogP contribution in [0.2, 0.25) is 0 Å². The number of nitrogens with zero attached hydrogens (tertiary/aromatic N) is 3. The molecule has 2 N–H and O–H groups in total. The Labute approximate surface area is 175 Å². The van der Waals surface area contributed by atoms with Crippen molar-refractivity contribution in [2.24, 2.45) is 0 Å². The van der Waals surface area contributed by atoms with E-state index in [1.54, 1.807) is 25.1 Å². The highest BCUT2D eigenvalue weighted by molar-refractivity contribution is 7.17. The zero-order valence-electron chi connectivity index (χ0n) is 16.2. The third kappa shape index (κ3) is 4.44. The number of anilines is 1. The smallest absolute Gasteiger partial charge is 0.350 e. The molecular weight excluding hydrogens is 408 g/mol. The van der Waals surface area contributed by atoms with Crippen molar-refractivity contribution in [1.29, 1.82) is 0 Å². The van der Waals surface area contributed by atoms with Gasteiger partial charge >= 0.3 is 5.97 Å². The Kier molecular flexibility index (Phi) is 6.07. The van der Waals surface area contributed by atoms with E-state index in [0.29, 0.717) is 11.4 Å². The van der Waals surface area contributed by atoms with Crippen LogP contribution in [0.4, 0.5) is 5.13 Å². The average Bonchev–Trinajstić information content (AvgIpc) is 3.06. The van der Waals surface area contributed by atoms with Crippen molar-refractivity contribution in [3.8, 4) is 11.4 Å². The van der Waals surface area contributed by atoms with E-state index in [-0.39, 0.29) is 22.3 Å². The van der Waals surface area contributed by atoms with E-state index in [4.69, 9.17) is 4.74 Å². The van der Waals surface area contributed by atoms with E-state index in [1.165, 1.54) is 6.08 Å². The van der Waals surface area contributed by atoms with Crippen LogP contribution in [-0.2, 0) is 4.74 Å². The molecule has 3 rings (SSSR count). The van der Waals surface area contributed by atoms with E-state index in [0.717, 1.165) is 27.6 Å². The molecule has 30 heavy (non-hydrogen) atoms. The maximum Gasteiger partial charge on any atom is 0.350 e. The predicted molar refractivity (Wildman–Crippen MR) is 112 cm³/mol. The van der Waals surface area contributed by atoms with Crippen LogP contribution < -0.4 is 10.9 Å². The molecule has 10 heteroatoms. The minimum absolute atomic E-state index is 0.0517. The fraction of sp³-hybridized carbons (Fsp3) is 0.150. The number of carbonyl (C=O) groups is 2. The summed E-state index contributed by atoms with van der Waals surface area (Å²) in [7, 11) is 0. The lowest BCUT2D eigenvalue weighted by molar-refractivity contribution is 0.0554. The van der Waals surface area contributed by atoms with Gasteiger partial charge in [-0.2, -0.15) is 9.78 Å². The summed E-state index contributed by atoms with van der Waals surface area (Å²) < 4.78 is 6.00. The molecule has 0 radical (unpaired) electrons. The SMILES string of the molecule is C=CCOC(=O)c1sc(NC(=O)c2nn(-c3cccc(C)c3)c(=O)cc2O)nc1C. The molecule has 0 saturated carbocycles. The van der Waals surface area contributed by atoms with Crippen LogP contribution in [0, 0.1) is 13.8 Å². The quantitative estimate of drug-likeness (QED) is 0.459. The molecule has 154 valence electrons. The van der Waals surface area contributed by atoms with Gasteiger partial charge in [-0.05, 0) is 31.5 Å². The third-order valence-electron chi connectivity index (χ3n) is 3.91. The number of aromatic hydroxyl groups is 1. The van der Waals surface area contributed by atoms with Crippen molar-refractivity contribution in [3.63, 3.8) is 0 Å². The zero-order valence-corrected chi connectivity index (χ0v) is 17.0. The molecule has 0 aliphatic carbocycles. The van der Waals surface area contributed by atoms with E-state index in [9.17, 15) is 19.5 Å². The number of hydrogen-bond acceptors (Lipinski definition) is 8. The van der Waals surface area contributed by atoms with Crippen LogP contribution in [-0.4, -0.2) is 38.4 Å². The minimum Gasteiger partial charge on any atom is -0.505 e. The van der Waals surface area contributed by atoms with Crippen molar-refractivity contribution < 1.29 is 19.4 Å². The molecule has 0 saturated heterocycles. The monoisotopic (exact) mass is 426 g/mol. The fourth-order valence-corrected chi connectivity index (χ4v) is 3.40. The number of rotatable bonds is 6. The van der Waals surface area contributed by atoms with Crippen molar-refractivity contribution in [3.05, 3.63) is 75.2 Å². The Morgan fingerprint density at radius 1 is 1.33 bits per heavy atom. The first-order valence-electron chi connectivity index (χ1n) is 8.77. The molecule has 3 aromatic rings. The molecule has 0 aliphatic rings. The summed E-state index contributed by atoms with van der Waals surface area (Å²) in [5, 5.41) is 16.7. The Balaban J connectivity index is 1.89. The van der Waals surface area contributed by atoms with Gasteiger partial charge in [-0.15, -0.1) is 0 Å². The third-order valence-corrected chi connectivity index (χ3v) is 4.96. The summed E-state index contributed by atoms with van der Waals surface area (Å²) in [5.41, 5.74) is 0.777. The number of thiazole rings is 1. The molecule has 0 bridgehead atoms. The minimum atomic E-state index is -0.784. The predicted octanol–water partition coefficient (Wildman–Crippen LogP) is 2.61. The lowest BCUT2D eigenvalue weighted by Crippen LogP contribution is -2.25. The van der Waals surface area contributed by atoms with Gasteiger partial charge in [0.1, 0.15) is 11.5 Å². The first-order valence-corrected chi connectivity index (χ1v) is 9.59. The van der Waals surface area contributed by atoms with Crippen LogP contribution in [0.5, 0.6) is 5.75 Å². The van der Waals surface area contributed by atoms with Crippen molar-refractivity contribution >= 4 is 28.3 Å². The van der Waals surface area contributed by atoms with E-state index >= 15 is 0 Å². The lowest BCUT2D eigenvalue weighted by Gasteiger charge is -2.09. The van der Waals surface area contributed by atoms with Crippen LogP contribution in [0.25, 0.3) is 5.69 Å². The Bertz CT molecular complexity index is 1200. The number of amides is 1. The van der Waals surface area contributed by atoms with Crippen molar-refractivity contribution in [2.45, 2.75) is 13.8 Å². The summed E-state index contributed by atoms with van der Waals surface area (Å²) in [4.78, 5) is 41.3. The van der Waals surface area contributed by atoms with Gasteiger partial charge in [-0.25, -0.2) is 9.78 Å². The number of aryl methyl sites for hydroxylation is 2. The molecule has 0 aliphatic heterocycles. The number of esters is 1. The average molecular weight is 426 g/mol. The second-order valence-corrected chi connectivity index (χ2v) is 7.24. The molecular formula is C20H18N4O5S. The standard InChI is InChI=1S/C20H18N4O5S/c1-4-8-29-19(28)17-12(3)21-20(30-17)22-18(27)16-14(25)10-15(26)24(23-16)13-7-5-6-11(2)9-13/h4-7,9-10,25H,1,8H2,2-3H3,(H,21,22,27). The molecule has 9 nitrogen and oxygen atoms in total. The van der Waals surface area contributed by atoms with E-state index in [2.05, 4.69) is 22.0 Å². The Hall–Kier alpha value is -3.79. The number of carbonyl (C=O) groups excluding carboxylic acids is 2. The number of nitrogens with one attached hydrogen (secondary N) is 1. The van der Waals surface area contributed by atoms with Gasteiger partial charge in [-0.3, -0.25) is 14.9 Å². The van der Waals surface area contributed by atoms with Crippen LogP contribution >= 0.6 is 11.3 Å². The van der Waals surface area contributed by atoms with Crippen molar-refractivity contribution in [1.82, 2.24) is 14.8 Å². The molecule has 0 atom stereocenters. The summed E-state index contributed by atoms with van der Waals surface area (Å²) in [6.07, 6.45) is 1.44. The Morgan fingerprint density at radius 2 is 2.10 bits per heavy atom. The highest BCUT2D eigenvalue weighted by Crippen LogP contribution is 2.24. The highest BCUT2D eigenvalue weighted by atomic mass is 32.1. The van der Waals surface area contributed by atoms with E-state index in [1.807, 2.05) is 13.0 Å². The fourth-order valence-electron chi connectivity index (χ4n) is 2.55. The number of aromatic nitrogens is 3. The maximum absolute atomic E-state index is 12.6. The number of ether oxygens (including phenoxy) is 1. The number of hydrogen-bond donors (Lipinski definition) is 2. The van der Waals surface area contributed by atoms with Gasteiger partial charge in [-0.1, -0.05) is 36.1 Å². The first kappa shape index (κ1) is 20.9. The van der Waals surface area contributed by atoms with Crippen LogP contribution in [0.1, 0.15) is 31.4 Å². The first-order chi connectivity index (χ1) is 14.3.